The van der Waals surface area contributed by atoms with Crippen molar-refractivity contribution in [3.63, 3.8) is 0 Å². The molecule has 2 atom stereocenters. The Morgan fingerprint density at radius 3 is 0.690 bits per heavy atom. The first-order valence-electron chi connectivity index (χ1n) is 23.8. The second-order valence-electron chi connectivity index (χ2n) is 18.0. The van der Waals surface area contributed by atoms with Gasteiger partial charge in [0, 0.05) is 0 Å². The summed E-state index contributed by atoms with van der Waals surface area (Å²) >= 11 is 0. The molecule has 0 rings (SSSR count). The highest BCUT2D eigenvalue weighted by Gasteiger charge is 2.18. The molecular formula is C44H94N2O10P2. The lowest BCUT2D eigenvalue weighted by Gasteiger charge is -2.30. The summed E-state index contributed by atoms with van der Waals surface area (Å²) in [5, 5.41) is 18.1. The van der Waals surface area contributed by atoms with Crippen LogP contribution in [0.15, 0.2) is 0 Å². The Labute approximate surface area is 357 Å². The van der Waals surface area contributed by atoms with E-state index in [1.807, 2.05) is 28.2 Å². The van der Waals surface area contributed by atoms with Gasteiger partial charge in [-0.3, -0.25) is 9.13 Å². The van der Waals surface area contributed by atoms with E-state index in [4.69, 9.17) is 28.3 Å². The normalized spacial score (nSPS) is 14.6. The van der Waals surface area contributed by atoms with E-state index in [2.05, 4.69) is 0 Å². The minimum Gasteiger partial charge on any atom is -0.756 e. The molecule has 12 nitrogen and oxygen atoms in total. The van der Waals surface area contributed by atoms with Gasteiger partial charge < -0.3 is 47.1 Å². The first-order chi connectivity index (χ1) is 27.7. The van der Waals surface area contributed by atoms with Crippen molar-refractivity contribution in [3.8, 4) is 0 Å². The fourth-order valence-electron chi connectivity index (χ4n) is 7.15. The SMILES string of the molecule is C[N+](C)(CCO)CCOP(=O)([O-])OCCCCCCCCCCCCCCCCCCCCCCCCCCCCCCCCOP(=O)([O-])OCC[N+](C)(C)CCO. The molecule has 0 aromatic carbocycles. The van der Waals surface area contributed by atoms with Crippen molar-refractivity contribution in [3.05, 3.63) is 0 Å². The summed E-state index contributed by atoms with van der Waals surface area (Å²) in [6.07, 6.45) is 38.1. The molecule has 0 amide bonds. The van der Waals surface area contributed by atoms with Crippen LogP contribution in [0.3, 0.4) is 0 Å². The van der Waals surface area contributed by atoms with Crippen LogP contribution in [-0.4, -0.2) is 113 Å². The van der Waals surface area contributed by atoms with Gasteiger partial charge >= 0.3 is 0 Å². The van der Waals surface area contributed by atoms with E-state index in [-0.39, 0.29) is 39.6 Å². The smallest absolute Gasteiger partial charge is 0.268 e. The molecule has 58 heavy (non-hydrogen) atoms. The van der Waals surface area contributed by atoms with E-state index in [0.29, 0.717) is 35.1 Å². The zero-order valence-corrected chi connectivity index (χ0v) is 40.0. The number of quaternary nitrogens is 2. The third kappa shape index (κ3) is 42.7. The van der Waals surface area contributed by atoms with E-state index in [0.717, 1.165) is 38.5 Å². The van der Waals surface area contributed by atoms with Crippen LogP contribution in [-0.2, 0) is 27.2 Å². The van der Waals surface area contributed by atoms with Crippen LogP contribution in [0.5, 0.6) is 0 Å². The van der Waals surface area contributed by atoms with Crippen molar-refractivity contribution >= 4 is 15.6 Å². The number of aliphatic hydroxyl groups excluding tert-OH is 2. The van der Waals surface area contributed by atoms with Gasteiger partial charge in [0.1, 0.15) is 39.4 Å². The molecule has 2 unspecified atom stereocenters. The topological polar surface area (TPSA) is 158 Å². The van der Waals surface area contributed by atoms with E-state index in [1.165, 1.54) is 154 Å². The third-order valence-electron chi connectivity index (χ3n) is 11.3. The number of aliphatic hydroxyl groups is 2. The maximum atomic E-state index is 11.9. The molecule has 0 aliphatic carbocycles. The number of hydrogen-bond acceptors (Lipinski definition) is 10. The summed E-state index contributed by atoms with van der Waals surface area (Å²) in [5.74, 6) is 0. The maximum absolute atomic E-state index is 11.9. The number of phosphoric ester groups is 2. The van der Waals surface area contributed by atoms with Crippen LogP contribution in [0, 0.1) is 0 Å². The lowest BCUT2D eigenvalue weighted by Crippen LogP contribution is -2.44. The molecule has 0 aromatic heterocycles. The van der Waals surface area contributed by atoms with E-state index in [9.17, 15) is 18.9 Å². The number of phosphoric acid groups is 2. The molecule has 0 spiro atoms. The quantitative estimate of drug-likeness (QED) is 0.0343. The van der Waals surface area contributed by atoms with Crippen LogP contribution >= 0.6 is 15.6 Å². The lowest BCUT2D eigenvalue weighted by atomic mass is 10.0. The zero-order valence-electron chi connectivity index (χ0n) is 38.2. The zero-order chi connectivity index (χ0) is 43.1. The van der Waals surface area contributed by atoms with Crippen molar-refractivity contribution < 1.29 is 56.2 Å². The highest BCUT2D eigenvalue weighted by atomic mass is 31.2. The molecule has 0 heterocycles. The van der Waals surface area contributed by atoms with Gasteiger partial charge in [0.25, 0.3) is 15.6 Å². The Kier molecular flexibility index (Phi) is 38.8. The fourth-order valence-corrected chi connectivity index (χ4v) is 8.61. The molecule has 0 aliphatic rings. The number of hydrogen-bond donors (Lipinski definition) is 2. The fraction of sp³-hybridized carbons (Fsp3) is 1.00. The van der Waals surface area contributed by atoms with E-state index < -0.39 is 15.6 Å². The predicted octanol–water partition coefficient (Wildman–Crippen LogP) is 9.83. The average molecular weight is 873 g/mol. The number of nitrogens with zero attached hydrogens (tertiary/aromatic N) is 2. The van der Waals surface area contributed by atoms with Crippen LogP contribution in [0.4, 0.5) is 0 Å². The van der Waals surface area contributed by atoms with Gasteiger partial charge in [0.15, 0.2) is 0 Å². The van der Waals surface area contributed by atoms with Gasteiger partial charge in [-0.15, -0.1) is 0 Å². The highest BCUT2D eigenvalue weighted by molar-refractivity contribution is 7.46. The molecule has 2 N–H and O–H groups in total. The van der Waals surface area contributed by atoms with E-state index in [1.54, 1.807) is 0 Å². The number of rotatable bonds is 47. The third-order valence-corrected chi connectivity index (χ3v) is 13.3. The molecule has 0 bridgehead atoms. The molecule has 0 aromatic rings. The molecule has 0 aliphatic heterocycles. The van der Waals surface area contributed by atoms with Crippen LogP contribution < -0.4 is 9.79 Å². The highest BCUT2D eigenvalue weighted by Crippen LogP contribution is 2.39. The Hall–Kier alpha value is 0.0600. The minimum absolute atomic E-state index is 0.0578. The summed E-state index contributed by atoms with van der Waals surface area (Å²) in [6, 6.07) is 0. The van der Waals surface area contributed by atoms with Crippen molar-refractivity contribution in [2.24, 2.45) is 0 Å². The van der Waals surface area contributed by atoms with Crippen molar-refractivity contribution in [1.29, 1.82) is 0 Å². The summed E-state index contributed by atoms with van der Waals surface area (Å²) in [4.78, 5) is 23.8. The van der Waals surface area contributed by atoms with E-state index >= 15 is 0 Å². The Balaban J connectivity index is 3.29. The van der Waals surface area contributed by atoms with Crippen LogP contribution in [0.1, 0.15) is 193 Å². The Bertz CT molecular complexity index is 916. The molecule has 0 saturated heterocycles. The van der Waals surface area contributed by atoms with Gasteiger partial charge in [-0.05, 0) is 12.8 Å². The van der Waals surface area contributed by atoms with Gasteiger partial charge in [-0.25, -0.2) is 0 Å². The first-order valence-corrected chi connectivity index (χ1v) is 26.7. The molecule has 0 radical (unpaired) electrons. The van der Waals surface area contributed by atoms with Crippen molar-refractivity contribution in [2.45, 2.75) is 193 Å². The summed E-state index contributed by atoms with van der Waals surface area (Å²) < 4.78 is 44.7. The van der Waals surface area contributed by atoms with Gasteiger partial charge in [-0.1, -0.05) is 180 Å². The molecule has 350 valence electrons. The molecule has 14 heteroatoms. The Morgan fingerprint density at radius 1 is 0.328 bits per heavy atom. The standard InChI is InChI=1S/C44H94N2O10P2/c1-45(2,35-39-47)37-43-55-57(49,50)53-41-33-31-29-27-25-23-21-19-17-15-13-11-9-7-5-6-8-10-12-14-16-18-20-22-24-26-28-30-32-34-42-54-58(51,52)56-44-38-46(3,4)36-40-48/h47-48H,5-44H2,1-4H3. The number of unbranched alkanes of at least 4 members (excludes halogenated alkanes) is 29. The average Bonchev–Trinajstić information content (AvgIpc) is 3.14. The predicted molar refractivity (Wildman–Crippen MR) is 235 cm³/mol. The van der Waals surface area contributed by atoms with Gasteiger partial charge in [-0.2, -0.15) is 0 Å². The molecular weight excluding hydrogens is 778 g/mol. The second kappa shape index (κ2) is 38.7. The van der Waals surface area contributed by atoms with Crippen molar-refractivity contribution in [2.75, 3.05) is 94.0 Å². The van der Waals surface area contributed by atoms with Crippen LogP contribution in [0.2, 0.25) is 0 Å². The lowest BCUT2D eigenvalue weighted by molar-refractivity contribution is -0.890. The van der Waals surface area contributed by atoms with Crippen molar-refractivity contribution in [1.82, 2.24) is 0 Å². The molecule has 0 fully saturated rings. The van der Waals surface area contributed by atoms with Crippen LogP contribution in [0.25, 0.3) is 0 Å². The summed E-state index contributed by atoms with van der Waals surface area (Å²) in [5.41, 5.74) is 0. The Morgan fingerprint density at radius 2 is 0.500 bits per heavy atom. The monoisotopic (exact) mass is 873 g/mol. The summed E-state index contributed by atoms with van der Waals surface area (Å²) in [7, 11) is -0.789. The first kappa shape index (κ1) is 58.1. The summed E-state index contributed by atoms with van der Waals surface area (Å²) in [6.45, 7) is 2.72. The van der Waals surface area contributed by atoms with Gasteiger partial charge in [0.05, 0.1) is 54.6 Å². The largest absolute Gasteiger partial charge is 0.756 e. The molecule has 0 saturated carbocycles. The van der Waals surface area contributed by atoms with Gasteiger partial charge in [0.2, 0.25) is 0 Å². The minimum atomic E-state index is -4.24. The maximum Gasteiger partial charge on any atom is 0.268 e. The number of likely N-dealkylation sites (N-methyl/N-ethyl adjacent to an activating group) is 2. The second-order valence-corrected chi connectivity index (χ2v) is 20.9.